The molecule has 0 bridgehead atoms. The van der Waals surface area contributed by atoms with Crippen molar-refractivity contribution < 1.29 is 4.74 Å². The number of aromatic nitrogens is 5. The molecule has 1 aliphatic heterocycles. The predicted molar refractivity (Wildman–Crippen MR) is 97.9 cm³/mol. The topological polar surface area (TPSA) is 69.0 Å². The molecule has 2 aromatic heterocycles. The molecule has 0 N–H and O–H groups in total. The zero-order chi connectivity index (χ0) is 17.2. The Morgan fingerprint density at radius 2 is 1.84 bits per heavy atom. The maximum absolute atomic E-state index is 5.47. The molecule has 1 fully saturated rings. The highest BCUT2D eigenvalue weighted by Gasteiger charge is 2.22. The van der Waals surface area contributed by atoms with E-state index in [2.05, 4.69) is 60.2 Å². The van der Waals surface area contributed by atoms with E-state index in [1.807, 2.05) is 6.92 Å². The lowest BCUT2D eigenvalue weighted by atomic mass is 10.2. The zero-order valence-electron chi connectivity index (χ0n) is 14.0. The van der Waals surface area contributed by atoms with Crippen LogP contribution in [0.4, 0.5) is 5.95 Å². The molecule has 0 radical (unpaired) electrons. The van der Waals surface area contributed by atoms with E-state index in [1.165, 1.54) is 28.9 Å². The first-order valence-corrected chi connectivity index (χ1v) is 9.63. The van der Waals surface area contributed by atoms with E-state index < -0.39 is 0 Å². The van der Waals surface area contributed by atoms with Gasteiger partial charge in [-0.1, -0.05) is 17.7 Å². The quantitative estimate of drug-likeness (QED) is 0.695. The van der Waals surface area contributed by atoms with Crippen molar-refractivity contribution in [3.8, 4) is 5.69 Å². The van der Waals surface area contributed by atoms with Gasteiger partial charge in [-0.3, -0.25) is 4.57 Å². The Balaban J connectivity index is 1.75. The van der Waals surface area contributed by atoms with E-state index in [1.54, 1.807) is 0 Å². The molecule has 0 saturated carbocycles. The molecule has 3 aromatic rings. The Morgan fingerprint density at radius 3 is 2.52 bits per heavy atom. The molecule has 0 spiro atoms. The van der Waals surface area contributed by atoms with Crippen molar-refractivity contribution in [3.05, 3.63) is 35.7 Å². The van der Waals surface area contributed by atoms with Gasteiger partial charge in [0.1, 0.15) is 5.82 Å². The Morgan fingerprint density at radius 1 is 1.08 bits per heavy atom. The van der Waals surface area contributed by atoms with Gasteiger partial charge >= 0.3 is 0 Å². The Bertz CT molecular complexity index is 854. The van der Waals surface area contributed by atoms with Crippen LogP contribution in [0.1, 0.15) is 11.4 Å². The molecule has 1 aromatic carbocycles. The fourth-order valence-corrected chi connectivity index (χ4v) is 4.22. The Hall–Kier alpha value is -1.97. The van der Waals surface area contributed by atoms with Crippen molar-refractivity contribution in [2.75, 3.05) is 31.2 Å². The number of hydrogen-bond donors (Lipinski definition) is 0. The molecule has 0 atom stereocenters. The van der Waals surface area contributed by atoms with Crippen LogP contribution in [0.5, 0.6) is 0 Å². The average molecular weight is 374 g/mol. The predicted octanol–water partition coefficient (Wildman–Crippen LogP) is 2.72. The maximum Gasteiger partial charge on any atom is 0.232 e. The fourth-order valence-electron chi connectivity index (χ4n) is 2.61. The van der Waals surface area contributed by atoms with Crippen molar-refractivity contribution in [3.63, 3.8) is 0 Å². The van der Waals surface area contributed by atoms with E-state index in [0.29, 0.717) is 13.2 Å². The molecular formula is C16H18N6OS2. The van der Waals surface area contributed by atoms with E-state index in [-0.39, 0.29) is 0 Å². The minimum atomic E-state index is 0.707. The summed E-state index contributed by atoms with van der Waals surface area (Å²) >= 11 is 2.88. The molecule has 3 heterocycles. The van der Waals surface area contributed by atoms with Gasteiger partial charge in [0.05, 0.1) is 18.9 Å². The van der Waals surface area contributed by atoms with Gasteiger partial charge in [0.15, 0.2) is 4.34 Å². The largest absolute Gasteiger partial charge is 0.378 e. The van der Waals surface area contributed by atoms with Gasteiger partial charge in [0.25, 0.3) is 0 Å². The summed E-state index contributed by atoms with van der Waals surface area (Å²) in [6.45, 7) is 7.01. The van der Waals surface area contributed by atoms with E-state index in [9.17, 15) is 0 Å². The summed E-state index contributed by atoms with van der Waals surface area (Å²) in [6, 6.07) is 8.39. The lowest BCUT2D eigenvalue weighted by Gasteiger charge is -2.27. The molecule has 1 aliphatic rings. The Labute approximate surface area is 154 Å². The molecule has 130 valence electrons. The van der Waals surface area contributed by atoms with Gasteiger partial charge in [-0.15, -0.1) is 10.2 Å². The number of anilines is 1. The highest BCUT2D eigenvalue weighted by atomic mass is 32.2. The number of morpholine rings is 1. The van der Waals surface area contributed by atoms with Gasteiger partial charge < -0.3 is 9.64 Å². The van der Waals surface area contributed by atoms with Crippen LogP contribution in [-0.2, 0) is 4.74 Å². The second kappa shape index (κ2) is 7.11. The third kappa shape index (κ3) is 3.53. The summed E-state index contributed by atoms with van der Waals surface area (Å²) < 4.78 is 12.7. The highest BCUT2D eigenvalue weighted by molar-refractivity contribution is 8.00. The fraction of sp³-hybridized carbons (Fsp3) is 0.375. The molecule has 1 saturated heterocycles. The number of hydrogen-bond acceptors (Lipinski definition) is 8. The smallest absolute Gasteiger partial charge is 0.232 e. The molecule has 0 aliphatic carbocycles. The molecule has 0 unspecified atom stereocenters. The first-order valence-electron chi connectivity index (χ1n) is 8.04. The first-order chi connectivity index (χ1) is 12.2. The molecule has 25 heavy (non-hydrogen) atoms. The van der Waals surface area contributed by atoms with E-state index in [4.69, 9.17) is 4.74 Å². The number of benzene rings is 1. The van der Waals surface area contributed by atoms with Crippen LogP contribution in [0, 0.1) is 13.8 Å². The normalized spacial score (nSPS) is 14.9. The maximum atomic E-state index is 5.47. The molecule has 0 amide bonds. The van der Waals surface area contributed by atoms with E-state index >= 15 is 0 Å². The van der Waals surface area contributed by atoms with Crippen LogP contribution in [0.3, 0.4) is 0 Å². The van der Waals surface area contributed by atoms with E-state index in [0.717, 1.165) is 40.0 Å². The summed E-state index contributed by atoms with van der Waals surface area (Å²) in [5.74, 6) is 1.62. The SMILES string of the molecule is Cc1ccc(-n2c(Sc3nc(C)ns3)nnc2N2CCOCC2)cc1. The monoisotopic (exact) mass is 374 g/mol. The van der Waals surface area contributed by atoms with Gasteiger partial charge in [-0.2, -0.15) is 4.37 Å². The lowest BCUT2D eigenvalue weighted by Crippen LogP contribution is -2.37. The minimum Gasteiger partial charge on any atom is -0.378 e. The first kappa shape index (κ1) is 16.5. The van der Waals surface area contributed by atoms with Crippen molar-refractivity contribution in [2.45, 2.75) is 23.3 Å². The van der Waals surface area contributed by atoms with Crippen LogP contribution in [0.2, 0.25) is 0 Å². The van der Waals surface area contributed by atoms with Crippen molar-refractivity contribution in [2.24, 2.45) is 0 Å². The zero-order valence-corrected chi connectivity index (χ0v) is 15.7. The average Bonchev–Trinajstić information content (AvgIpc) is 3.23. The van der Waals surface area contributed by atoms with Gasteiger partial charge in [0, 0.05) is 13.1 Å². The van der Waals surface area contributed by atoms with Crippen LogP contribution in [0.15, 0.2) is 33.8 Å². The summed E-state index contributed by atoms with van der Waals surface area (Å²) in [5, 5.41) is 9.68. The highest BCUT2D eigenvalue weighted by Crippen LogP contribution is 2.32. The molecule has 7 nitrogen and oxygen atoms in total. The summed E-state index contributed by atoms with van der Waals surface area (Å²) in [5.41, 5.74) is 2.26. The molecule has 4 rings (SSSR count). The summed E-state index contributed by atoms with van der Waals surface area (Å²) in [6.07, 6.45) is 0. The number of ether oxygens (including phenoxy) is 1. The second-order valence-electron chi connectivity index (χ2n) is 5.76. The number of aryl methyl sites for hydroxylation is 2. The molecular weight excluding hydrogens is 356 g/mol. The number of nitrogens with zero attached hydrogens (tertiary/aromatic N) is 6. The molecule has 9 heteroatoms. The van der Waals surface area contributed by atoms with Crippen molar-refractivity contribution in [1.29, 1.82) is 0 Å². The van der Waals surface area contributed by atoms with Gasteiger partial charge in [-0.05, 0) is 49.3 Å². The van der Waals surface area contributed by atoms with Crippen LogP contribution in [0.25, 0.3) is 5.69 Å². The standard InChI is InChI=1S/C16H18N6OS2/c1-11-3-5-13(6-4-11)22-14(21-7-9-23-10-8-21)18-19-15(22)24-16-17-12(2)20-25-16/h3-6H,7-10H2,1-2H3. The summed E-state index contributed by atoms with van der Waals surface area (Å²) in [7, 11) is 0. The minimum absolute atomic E-state index is 0.707. The van der Waals surface area contributed by atoms with Crippen LogP contribution >= 0.6 is 23.3 Å². The van der Waals surface area contributed by atoms with Crippen LogP contribution in [-0.4, -0.2) is 50.4 Å². The van der Waals surface area contributed by atoms with Crippen molar-refractivity contribution in [1.82, 2.24) is 24.1 Å². The van der Waals surface area contributed by atoms with Crippen LogP contribution < -0.4 is 4.90 Å². The lowest BCUT2D eigenvalue weighted by molar-refractivity contribution is 0.122. The second-order valence-corrected chi connectivity index (χ2v) is 7.73. The summed E-state index contributed by atoms with van der Waals surface area (Å²) in [4.78, 5) is 6.65. The Kier molecular flexibility index (Phi) is 4.69. The van der Waals surface area contributed by atoms with Gasteiger partial charge in [0.2, 0.25) is 11.1 Å². The number of rotatable bonds is 4. The van der Waals surface area contributed by atoms with Gasteiger partial charge in [-0.25, -0.2) is 4.98 Å². The van der Waals surface area contributed by atoms with Crippen molar-refractivity contribution >= 4 is 29.2 Å². The third-order valence-electron chi connectivity index (χ3n) is 3.89. The third-order valence-corrected chi connectivity index (χ3v) is 5.68.